The number of nitrogens with zero attached hydrogens (tertiary/aromatic N) is 2. The van der Waals surface area contributed by atoms with Crippen molar-refractivity contribution >= 4 is 11.5 Å². The Morgan fingerprint density at radius 3 is 2.74 bits per heavy atom. The third-order valence-electron chi connectivity index (χ3n) is 3.08. The van der Waals surface area contributed by atoms with E-state index in [2.05, 4.69) is 16.0 Å². The minimum Gasteiger partial charge on any atom is -0.384 e. The van der Waals surface area contributed by atoms with Crippen LogP contribution in [0.15, 0.2) is 42.7 Å². The number of hydrogen-bond acceptors (Lipinski definition) is 3. The van der Waals surface area contributed by atoms with Gasteiger partial charge in [-0.1, -0.05) is 6.07 Å². The van der Waals surface area contributed by atoms with Gasteiger partial charge in [-0.25, -0.2) is 0 Å². The number of benzene rings is 1. The molecule has 0 aliphatic carbocycles. The highest BCUT2D eigenvalue weighted by Gasteiger charge is 2.06. The fourth-order valence-corrected chi connectivity index (χ4v) is 2.04. The molecule has 0 atom stereocenters. The lowest BCUT2D eigenvalue weighted by Crippen LogP contribution is -2.18. The molecule has 0 spiro atoms. The number of nitrogens with one attached hydrogen (secondary N) is 1. The zero-order valence-corrected chi connectivity index (χ0v) is 11.2. The summed E-state index contributed by atoms with van der Waals surface area (Å²) in [4.78, 5) is 6.26. The van der Waals surface area contributed by atoms with Crippen molar-refractivity contribution in [2.24, 2.45) is 5.73 Å². The maximum atomic E-state index is 7.49. The minimum absolute atomic E-state index is 0.110. The number of anilines is 1. The maximum absolute atomic E-state index is 7.49. The lowest BCUT2D eigenvalue weighted by atomic mass is 10.1. The van der Waals surface area contributed by atoms with Gasteiger partial charge in [0.25, 0.3) is 0 Å². The van der Waals surface area contributed by atoms with Crippen LogP contribution in [0.25, 0.3) is 0 Å². The monoisotopic (exact) mass is 254 g/mol. The first-order valence-corrected chi connectivity index (χ1v) is 6.13. The second-order valence-corrected chi connectivity index (χ2v) is 4.63. The van der Waals surface area contributed by atoms with Crippen molar-refractivity contribution in [2.75, 3.05) is 11.9 Å². The smallest absolute Gasteiger partial charge is 0.123 e. The molecular weight excluding hydrogens is 236 g/mol. The molecule has 1 heterocycles. The quantitative estimate of drug-likeness (QED) is 0.650. The summed E-state index contributed by atoms with van der Waals surface area (Å²) in [6.45, 7) is 2.77. The third kappa shape index (κ3) is 3.10. The molecule has 0 unspecified atom stereocenters. The zero-order chi connectivity index (χ0) is 13.8. The van der Waals surface area contributed by atoms with Gasteiger partial charge in [-0.3, -0.25) is 10.4 Å². The molecule has 0 fully saturated rings. The molecule has 0 aliphatic heterocycles. The lowest BCUT2D eigenvalue weighted by Gasteiger charge is -2.20. The Balaban J connectivity index is 2.18. The van der Waals surface area contributed by atoms with E-state index in [1.165, 1.54) is 5.56 Å². The molecule has 0 saturated carbocycles. The number of rotatable bonds is 4. The highest BCUT2D eigenvalue weighted by Crippen LogP contribution is 2.19. The summed E-state index contributed by atoms with van der Waals surface area (Å²) >= 11 is 0. The molecule has 4 heteroatoms. The number of nitrogens with two attached hydrogens (primary N) is 1. The highest BCUT2D eigenvalue weighted by molar-refractivity contribution is 5.96. The molecule has 0 saturated heterocycles. The van der Waals surface area contributed by atoms with Crippen molar-refractivity contribution in [3.63, 3.8) is 0 Å². The van der Waals surface area contributed by atoms with Crippen molar-refractivity contribution in [3.05, 3.63) is 59.4 Å². The molecule has 0 radical (unpaired) electrons. The van der Waals surface area contributed by atoms with Gasteiger partial charge < -0.3 is 10.6 Å². The van der Waals surface area contributed by atoms with E-state index in [1.54, 1.807) is 6.20 Å². The van der Waals surface area contributed by atoms with Crippen molar-refractivity contribution < 1.29 is 0 Å². The predicted molar refractivity (Wildman–Crippen MR) is 78.5 cm³/mol. The molecule has 0 bridgehead atoms. The molecular formula is C15H18N4. The second kappa shape index (κ2) is 5.52. The first-order valence-electron chi connectivity index (χ1n) is 6.13. The van der Waals surface area contributed by atoms with Crippen LogP contribution in [0.4, 0.5) is 5.69 Å². The Morgan fingerprint density at radius 2 is 2.16 bits per heavy atom. The van der Waals surface area contributed by atoms with E-state index >= 15 is 0 Å². The Kier molecular flexibility index (Phi) is 3.80. The first-order chi connectivity index (χ1) is 9.08. The van der Waals surface area contributed by atoms with Gasteiger partial charge in [0.15, 0.2) is 0 Å². The second-order valence-electron chi connectivity index (χ2n) is 4.63. The largest absolute Gasteiger partial charge is 0.384 e. The average molecular weight is 254 g/mol. The lowest BCUT2D eigenvalue weighted by molar-refractivity contribution is 0.914. The Hall–Kier alpha value is -2.36. The SMILES string of the molecule is Cc1cc(N(C)Cc2cccnc2)ccc1C(=N)N. The standard InChI is InChI=1S/C15H18N4/c1-11-8-13(5-6-14(11)15(16)17)19(2)10-12-4-3-7-18-9-12/h3-9H,10H2,1-2H3,(H3,16,17). The van der Waals surface area contributed by atoms with Gasteiger partial charge in [0.05, 0.1) is 0 Å². The van der Waals surface area contributed by atoms with Crippen LogP contribution < -0.4 is 10.6 Å². The Bertz CT molecular complexity index is 578. The number of amidine groups is 1. The number of pyridine rings is 1. The topological polar surface area (TPSA) is 66.0 Å². The Labute approximate surface area is 113 Å². The van der Waals surface area contributed by atoms with E-state index in [0.29, 0.717) is 0 Å². The average Bonchev–Trinajstić information content (AvgIpc) is 2.39. The van der Waals surface area contributed by atoms with Gasteiger partial charge in [0.1, 0.15) is 5.84 Å². The van der Waals surface area contributed by atoms with Crippen molar-refractivity contribution in [2.45, 2.75) is 13.5 Å². The van der Waals surface area contributed by atoms with E-state index < -0.39 is 0 Å². The number of aromatic nitrogens is 1. The summed E-state index contributed by atoms with van der Waals surface area (Å²) in [5, 5.41) is 7.49. The van der Waals surface area contributed by atoms with Gasteiger partial charge in [-0.2, -0.15) is 0 Å². The third-order valence-corrected chi connectivity index (χ3v) is 3.08. The number of aryl methyl sites for hydroxylation is 1. The van der Waals surface area contributed by atoms with Crippen LogP contribution in [0.5, 0.6) is 0 Å². The molecule has 98 valence electrons. The molecule has 0 amide bonds. The van der Waals surface area contributed by atoms with E-state index in [9.17, 15) is 0 Å². The Morgan fingerprint density at radius 1 is 1.37 bits per heavy atom. The summed E-state index contributed by atoms with van der Waals surface area (Å²) < 4.78 is 0. The zero-order valence-electron chi connectivity index (χ0n) is 11.2. The van der Waals surface area contributed by atoms with Gasteiger partial charge in [0.2, 0.25) is 0 Å². The van der Waals surface area contributed by atoms with E-state index in [1.807, 2.05) is 44.4 Å². The molecule has 4 nitrogen and oxygen atoms in total. The van der Waals surface area contributed by atoms with Crippen molar-refractivity contribution in [3.8, 4) is 0 Å². The molecule has 3 N–H and O–H groups in total. The van der Waals surface area contributed by atoms with Gasteiger partial charge in [-0.15, -0.1) is 0 Å². The fourth-order valence-electron chi connectivity index (χ4n) is 2.04. The van der Waals surface area contributed by atoms with Gasteiger partial charge in [0, 0.05) is 37.2 Å². The molecule has 2 aromatic rings. The van der Waals surface area contributed by atoms with Crippen LogP contribution in [0.2, 0.25) is 0 Å². The minimum atomic E-state index is 0.110. The van der Waals surface area contributed by atoms with Crippen LogP contribution in [0.3, 0.4) is 0 Å². The first kappa shape index (κ1) is 13.1. The maximum Gasteiger partial charge on any atom is 0.123 e. The molecule has 0 aliphatic rings. The molecule has 1 aromatic heterocycles. The highest BCUT2D eigenvalue weighted by atomic mass is 15.1. The van der Waals surface area contributed by atoms with E-state index in [0.717, 1.165) is 23.4 Å². The van der Waals surface area contributed by atoms with Crippen LogP contribution in [-0.2, 0) is 6.54 Å². The number of nitrogen functional groups attached to an aromatic ring is 1. The van der Waals surface area contributed by atoms with Crippen molar-refractivity contribution in [1.82, 2.24) is 4.98 Å². The molecule has 19 heavy (non-hydrogen) atoms. The molecule has 1 aromatic carbocycles. The van der Waals surface area contributed by atoms with Crippen LogP contribution in [0, 0.1) is 12.3 Å². The summed E-state index contributed by atoms with van der Waals surface area (Å²) in [6, 6.07) is 9.92. The van der Waals surface area contributed by atoms with Crippen LogP contribution in [0.1, 0.15) is 16.7 Å². The van der Waals surface area contributed by atoms with Crippen LogP contribution in [-0.4, -0.2) is 17.9 Å². The molecule has 2 rings (SSSR count). The summed E-state index contributed by atoms with van der Waals surface area (Å²) in [6.07, 6.45) is 3.64. The summed E-state index contributed by atoms with van der Waals surface area (Å²) in [7, 11) is 2.04. The van der Waals surface area contributed by atoms with E-state index in [-0.39, 0.29) is 5.84 Å². The van der Waals surface area contributed by atoms with Gasteiger partial charge in [-0.05, 0) is 42.3 Å². The normalized spacial score (nSPS) is 10.2. The summed E-state index contributed by atoms with van der Waals surface area (Å²) in [5.74, 6) is 0.110. The summed E-state index contributed by atoms with van der Waals surface area (Å²) in [5.41, 5.74) is 9.60. The van der Waals surface area contributed by atoms with Crippen molar-refractivity contribution in [1.29, 1.82) is 5.41 Å². The predicted octanol–water partition coefficient (Wildman–Crippen LogP) is 2.31. The fraction of sp³-hybridized carbons (Fsp3) is 0.200. The van der Waals surface area contributed by atoms with Crippen LogP contribution >= 0.6 is 0 Å². The van der Waals surface area contributed by atoms with Gasteiger partial charge >= 0.3 is 0 Å². The number of hydrogen-bond donors (Lipinski definition) is 2. The van der Waals surface area contributed by atoms with E-state index in [4.69, 9.17) is 11.1 Å².